The van der Waals surface area contributed by atoms with Gasteiger partial charge in [-0.05, 0) is 111 Å². The molecule has 0 amide bonds. The van der Waals surface area contributed by atoms with E-state index in [4.69, 9.17) is 4.74 Å². The van der Waals surface area contributed by atoms with Crippen LogP contribution in [0, 0.1) is 40.4 Å². The van der Waals surface area contributed by atoms with E-state index in [1.165, 1.54) is 103 Å². The van der Waals surface area contributed by atoms with Gasteiger partial charge in [-0.25, -0.2) is 0 Å². The summed E-state index contributed by atoms with van der Waals surface area (Å²) in [6, 6.07) is 0. The Morgan fingerprint density at radius 3 is 2.42 bits per heavy atom. The molecule has 0 bridgehead atoms. The fourth-order valence-electron chi connectivity index (χ4n) is 9.51. The summed E-state index contributed by atoms with van der Waals surface area (Å²) in [5.41, 5.74) is 1.20. The topological polar surface area (TPSA) is 26.3 Å². The minimum absolute atomic E-state index is 0.0514. The van der Waals surface area contributed by atoms with Gasteiger partial charge in [-0.15, -0.1) is 0 Å². The summed E-state index contributed by atoms with van der Waals surface area (Å²) in [5, 5.41) is 0. The molecule has 4 saturated carbocycles. The zero-order valence-electron chi connectivity index (χ0n) is 22.3. The number of hydrogen-bond donors (Lipinski definition) is 0. The van der Waals surface area contributed by atoms with Crippen LogP contribution in [0.1, 0.15) is 143 Å². The van der Waals surface area contributed by atoms with Crippen LogP contribution in [0.3, 0.4) is 0 Å². The summed E-state index contributed by atoms with van der Waals surface area (Å²) in [4.78, 5) is 12.2. The van der Waals surface area contributed by atoms with Crippen molar-refractivity contribution in [2.24, 2.45) is 40.4 Å². The Kier molecular flexibility index (Phi) is 8.88. The predicted octanol–water partition coefficient (Wildman–Crippen LogP) is 9.11. The number of fused-ring (bicyclic) bond motifs is 5. The Bertz CT molecular complexity index is 628. The van der Waals surface area contributed by atoms with E-state index in [0.717, 1.165) is 42.4 Å². The van der Waals surface area contributed by atoms with Crippen LogP contribution in [0.15, 0.2) is 0 Å². The maximum atomic E-state index is 12.2. The van der Waals surface area contributed by atoms with Crippen LogP contribution in [-0.2, 0) is 9.53 Å². The van der Waals surface area contributed by atoms with Gasteiger partial charge in [0.2, 0.25) is 0 Å². The van der Waals surface area contributed by atoms with Crippen molar-refractivity contribution in [2.75, 3.05) is 6.61 Å². The van der Waals surface area contributed by atoms with Crippen LogP contribution in [0.25, 0.3) is 0 Å². The van der Waals surface area contributed by atoms with Crippen LogP contribution in [0.5, 0.6) is 0 Å². The van der Waals surface area contributed by atoms with E-state index in [9.17, 15) is 4.79 Å². The molecule has 0 N–H and O–H groups in total. The van der Waals surface area contributed by atoms with Gasteiger partial charge >= 0.3 is 5.97 Å². The summed E-state index contributed by atoms with van der Waals surface area (Å²) < 4.78 is 5.54. The molecule has 2 heteroatoms. The molecule has 0 radical (unpaired) electrons. The lowest BCUT2D eigenvalue weighted by Gasteiger charge is -2.60. The van der Waals surface area contributed by atoms with Gasteiger partial charge < -0.3 is 4.74 Å². The summed E-state index contributed by atoms with van der Waals surface area (Å²) in [5.74, 6) is 4.87. The molecule has 0 aliphatic heterocycles. The quantitative estimate of drug-likeness (QED) is 0.228. The van der Waals surface area contributed by atoms with Gasteiger partial charge in [0.25, 0.3) is 0 Å². The third-order valence-corrected chi connectivity index (χ3v) is 11.5. The molecule has 0 spiro atoms. The van der Waals surface area contributed by atoms with E-state index in [0.29, 0.717) is 23.9 Å². The lowest BCUT2D eigenvalue weighted by atomic mass is 9.45. The largest absolute Gasteiger partial charge is 0.466 e. The monoisotopic (exact) mass is 458 g/mol. The Morgan fingerprint density at radius 1 is 0.788 bits per heavy atom. The van der Waals surface area contributed by atoms with Gasteiger partial charge in [0.15, 0.2) is 0 Å². The predicted molar refractivity (Wildman–Crippen MR) is 138 cm³/mol. The van der Waals surface area contributed by atoms with Crippen LogP contribution in [0.4, 0.5) is 0 Å². The van der Waals surface area contributed by atoms with Crippen molar-refractivity contribution in [1.29, 1.82) is 0 Å². The van der Waals surface area contributed by atoms with Gasteiger partial charge in [-0.3, -0.25) is 4.79 Å². The first-order chi connectivity index (χ1) is 16.0. The molecule has 190 valence electrons. The molecule has 0 aromatic carbocycles. The van der Waals surface area contributed by atoms with Crippen LogP contribution >= 0.6 is 0 Å². The number of carbonyl (C=O) groups is 1. The molecule has 7 unspecified atom stereocenters. The first-order valence-electron chi connectivity index (χ1n) is 15.1. The van der Waals surface area contributed by atoms with E-state index in [2.05, 4.69) is 20.8 Å². The van der Waals surface area contributed by atoms with E-state index in [1.54, 1.807) is 0 Å². The van der Waals surface area contributed by atoms with Crippen molar-refractivity contribution < 1.29 is 9.53 Å². The third-order valence-electron chi connectivity index (χ3n) is 11.5. The van der Waals surface area contributed by atoms with Crippen molar-refractivity contribution in [2.45, 2.75) is 143 Å². The van der Waals surface area contributed by atoms with Crippen molar-refractivity contribution in [1.82, 2.24) is 0 Å². The molecule has 0 aromatic heterocycles. The number of rotatable bonds is 11. The molecular formula is C31H54O2. The number of ether oxygens (including phenoxy) is 1. The summed E-state index contributed by atoms with van der Waals surface area (Å²) in [7, 11) is 0. The first-order valence-corrected chi connectivity index (χ1v) is 15.1. The average Bonchev–Trinajstić information content (AvgIpc) is 3.14. The van der Waals surface area contributed by atoms with Gasteiger partial charge in [0, 0.05) is 6.42 Å². The highest BCUT2D eigenvalue weighted by molar-refractivity contribution is 5.69. The van der Waals surface area contributed by atoms with E-state index in [-0.39, 0.29) is 5.97 Å². The van der Waals surface area contributed by atoms with E-state index >= 15 is 0 Å². The van der Waals surface area contributed by atoms with Gasteiger partial charge in [-0.1, -0.05) is 65.7 Å². The summed E-state index contributed by atoms with van der Waals surface area (Å²) in [6.07, 6.45) is 25.2. The molecule has 4 aliphatic carbocycles. The second-order valence-corrected chi connectivity index (χ2v) is 13.1. The second-order valence-electron chi connectivity index (χ2n) is 13.1. The summed E-state index contributed by atoms with van der Waals surface area (Å²) >= 11 is 0. The summed E-state index contributed by atoms with van der Waals surface area (Å²) in [6.45, 7) is 8.23. The molecule has 7 atom stereocenters. The number of hydrogen-bond acceptors (Lipinski definition) is 2. The molecule has 0 aromatic rings. The molecule has 0 saturated heterocycles. The van der Waals surface area contributed by atoms with Gasteiger partial charge in [-0.2, -0.15) is 0 Å². The van der Waals surface area contributed by atoms with Crippen LogP contribution in [0.2, 0.25) is 0 Å². The Morgan fingerprint density at radius 2 is 1.58 bits per heavy atom. The van der Waals surface area contributed by atoms with Crippen molar-refractivity contribution in [3.8, 4) is 0 Å². The molecule has 4 rings (SSSR count). The second kappa shape index (κ2) is 11.5. The minimum Gasteiger partial charge on any atom is -0.466 e. The normalized spacial score (nSPS) is 40.0. The fraction of sp³-hybridized carbons (Fsp3) is 0.968. The lowest BCUT2D eigenvalue weighted by molar-refractivity contribution is -0.144. The maximum absolute atomic E-state index is 12.2. The number of unbranched alkanes of at least 4 members (excludes halogenated alkanes) is 5. The van der Waals surface area contributed by atoms with Crippen LogP contribution in [-0.4, -0.2) is 12.6 Å². The highest BCUT2D eigenvalue weighted by Gasteiger charge is 2.59. The Hall–Kier alpha value is -0.530. The standard InChI is InChI=1S/C31H54O2/c1-4-5-6-7-8-11-23-33-29(32)15-12-14-25-17-19-27-26-18-16-24-13-9-10-21-30(24,2)28(26)20-22-31(25,27)3/h24-28H,4-23H2,1-3H3. The Balaban J connectivity index is 1.20. The van der Waals surface area contributed by atoms with E-state index in [1.807, 2.05) is 0 Å². The highest BCUT2D eigenvalue weighted by atomic mass is 16.5. The Labute approximate surface area is 205 Å². The molecule has 4 fully saturated rings. The van der Waals surface area contributed by atoms with E-state index < -0.39 is 0 Å². The highest BCUT2D eigenvalue weighted by Crippen LogP contribution is 2.67. The minimum atomic E-state index is 0.0514. The molecular weight excluding hydrogens is 404 g/mol. The van der Waals surface area contributed by atoms with Gasteiger partial charge in [0.1, 0.15) is 0 Å². The molecule has 4 aliphatic rings. The smallest absolute Gasteiger partial charge is 0.305 e. The molecule has 2 nitrogen and oxygen atoms in total. The SMILES string of the molecule is CCCCCCCCOC(=O)CCCC1CCC2C3CCC4CCCCC4(C)C3CCC12C. The van der Waals surface area contributed by atoms with Crippen molar-refractivity contribution in [3.63, 3.8) is 0 Å². The number of carbonyl (C=O) groups excluding carboxylic acids is 1. The zero-order chi connectivity index (χ0) is 23.3. The van der Waals surface area contributed by atoms with Crippen molar-refractivity contribution >= 4 is 5.97 Å². The van der Waals surface area contributed by atoms with Gasteiger partial charge in [0.05, 0.1) is 6.61 Å². The first kappa shape index (κ1) is 25.6. The number of esters is 1. The van der Waals surface area contributed by atoms with Crippen molar-refractivity contribution in [3.05, 3.63) is 0 Å². The fourth-order valence-corrected chi connectivity index (χ4v) is 9.51. The lowest BCUT2D eigenvalue weighted by Crippen LogP contribution is -2.52. The molecule has 0 heterocycles. The molecule has 33 heavy (non-hydrogen) atoms. The zero-order valence-corrected chi connectivity index (χ0v) is 22.3. The average molecular weight is 459 g/mol. The maximum Gasteiger partial charge on any atom is 0.305 e. The third kappa shape index (κ3) is 5.50. The van der Waals surface area contributed by atoms with Crippen LogP contribution < -0.4 is 0 Å².